The van der Waals surface area contributed by atoms with Gasteiger partial charge in [-0.1, -0.05) is 30.4 Å². The number of rotatable bonds is 2. The standard InChI is InChI=1S/C19H17N3O2/c1-20-16-6-4-5-13(17(16)21-2)9-7-12-8-10-14-15(11-12)19(24)22(3)18(14)23/h4-11H,1-3H3/b9-7+,20-16?,21-17?. The van der Waals surface area contributed by atoms with E-state index < -0.39 is 0 Å². The van der Waals surface area contributed by atoms with E-state index in [0.717, 1.165) is 27.5 Å². The summed E-state index contributed by atoms with van der Waals surface area (Å²) in [6.45, 7) is 0. The van der Waals surface area contributed by atoms with Crippen molar-refractivity contribution in [1.82, 2.24) is 4.90 Å². The van der Waals surface area contributed by atoms with Gasteiger partial charge in [0.15, 0.2) is 0 Å². The fraction of sp³-hybridized carbons (Fsp3) is 0.158. The van der Waals surface area contributed by atoms with E-state index in [2.05, 4.69) is 9.98 Å². The molecule has 120 valence electrons. The van der Waals surface area contributed by atoms with Gasteiger partial charge in [-0.2, -0.15) is 0 Å². The van der Waals surface area contributed by atoms with E-state index in [4.69, 9.17) is 0 Å². The van der Waals surface area contributed by atoms with E-state index in [1.807, 2.05) is 36.4 Å². The van der Waals surface area contributed by atoms with Crippen molar-refractivity contribution in [2.45, 2.75) is 0 Å². The molecule has 1 aliphatic heterocycles. The van der Waals surface area contributed by atoms with Crippen LogP contribution in [0.4, 0.5) is 0 Å². The van der Waals surface area contributed by atoms with E-state index in [9.17, 15) is 9.59 Å². The minimum atomic E-state index is -0.263. The smallest absolute Gasteiger partial charge is 0.261 e. The van der Waals surface area contributed by atoms with Gasteiger partial charge in [0.05, 0.1) is 22.6 Å². The predicted octanol–water partition coefficient (Wildman–Crippen LogP) is 2.56. The van der Waals surface area contributed by atoms with Gasteiger partial charge in [0, 0.05) is 26.7 Å². The molecule has 0 saturated carbocycles. The van der Waals surface area contributed by atoms with Gasteiger partial charge < -0.3 is 0 Å². The van der Waals surface area contributed by atoms with Crippen molar-refractivity contribution in [3.8, 4) is 0 Å². The number of aliphatic imine (C=N–C) groups is 2. The van der Waals surface area contributed by atoms with E-state index >= 15 is 0 Å². The fourth-order valence-electron chi connectivity index (χ4n) is 2.78. The normalized spacial score (nSPS) is 20.5. The topological polar surface area (TPSA) is 62.1 Å². The van der Waals surface area contributed by atoms with Crippen LogP contribution >= 0.6 is 0 Å². The molecule has 0 fully saturated rings. The molecular weight excluding hydrogens is 302 g/mol. The molecule has 0 bridgehead atoms. The molecule has 0 spiro atoms. The zero-order chi connectivity index (χ0) is 17.3. The molecule has 0 saturated heterocycles. The highest BCUT2D eigenvalue weighted by Gasteiger charge is 2.32. The van der Waals surface area contributed by atoms with Gasteiger partial charge in [0.1, 0.15) is 0 Å². The first-order valence-electron chi connectivity index (χ1n) is 7.54. The van der Waals surface area contributed by atoms with Crippen LogP contribution in [-0.2, 0) is 0 Å². The van der Waals surface area contributed by atoms with Crippen molar-refractivity contribution < 1.29 is 9.59 Å². The Bertz CT molecular complexity index is 886. The minimum Gasteiger partial charge on any atom is -0.286 e. The Morgan fingerprint density at radius 1 is 1.00 bits per heavy atom. The fourth-order valence-corrected chi connectivity index (χ4v) is 2.78. The number of imide groups is 1. The van der Waals surface area contributed by atoms with Gasteiger partial charge in [-0.15, -0.1) is 0 Å². The Labute approximate surface area is 140 Å². The van der Waals surface area contributed by atoms with Crippen molar-refractivity contribution in [1.29, 1.82) is 0 Å². The summed E-state index contributed by atoms with van der Waals surface area (Å²) in [6.07, 6.45) is 9.64. The summed E-state index contributed by atoms with van der Waals surface area (Å²) >= 11 is 0. The highest BCUT2D eigenvalue weighted by molar-refractivity contribution is 6.53. The summed E-state index contributed by atoms with van der Waals surface area (Å²) < 4.78 is 0. The lowest BCUT2D eigenvalue weighted by Gasteiger charge is -2.10. The molecule has 1 heterocycles. The zero-order valence-corrected chi connectivity index (χ0v) is 13.8. The molecule has 2 amide bonds. The molecule has 1 aromatic rings. The van der Waals surface area contributed by atoms with Gasteiger partial charge >= 0.3 is 0 Å². The van der Waals surface area contributed by atoms with Crippen molar-refractivity contribution in [3.05, 3.63) is 64.8 Å². The maximum Gasteiger partial charge on any atom is 0.261 e. The first kappa shape index (κ1) is 15.8. The molecule has 2 aliphatic rings. The summed E-state index contributed by atoms with van der Waals surface area (Å²) in [5.74, 6) is -0.517. The highest BCUT2D eigenvalue weighted by atomic mass is 16.2. The van der Waals surface area contributed by atoms with Crippen molar-refractivity contribution >= 4 is 29.3 Å². The molecule has 5 nitrogen and oxygen atoms in total. The quantitative estimate of drug-likeness (QED) is 0.621. The van der Waals surface area contributed by atoms with Crippen LogP contribution in [0.25, 0.3) is 6.08 Å². The average molecular weight is 319 g/mol. The van der Waals surface area contributed by atoms with Crippen LogP contribution in [0.1, 0.15) is 26.3 Å². The Morgan fingerprint density at radius 3 is 2.46 bits per heavy atom. The van der Waals surface area contributed by atoms with Crippen LogP contribution < -0.4 is 0 Å². The average Bonchev–Trinajstić information content (AvgIpc) is 2.83. The Hall–Kier alpha value is -3.08. The van der Waals surface area contributed by atoms with Crippen LogP contribution in [0.5, 0.6) is 0 Å². The van der Waals surface area contributed by atoms with Crippen LogP contribution in [0.3, 0.4) is 0 Å². The second kappa shape index (κ2) is 6.20. The minimum absolute atomic E-state index is 0.255. The summed E-state index contributed by atoms with van der Waals surface area (Å²) in [5.41, 5.74) is 4.35. The summed E-state index contributed by atoms with van der Waals surface area (Å²) in [6, 6.07) is 5.27. The van der Waals surface area contributed by atoms with E-state index in [1.54, 1.807) is 26.2 Å². The lowest BCUT2D eigenvalue weighted by Crippen LogP contribution is -2.24. The Kier molecular flexibility index (Phi) is 4.08. The largest absolute Gasteiger partial charge is 0.286 e. The molecule has 0 atom stereocenters. The molecule has 3 rings (SSSR count). The second-order valence-electron chi connectivity index (χ2n) is 5.47. The maximum absolute atomic E-state index is 12.1. The molecule has 1 aliphatic carbocycles. The van der Waals surface area contributed by atoms with Gasteiger partial charge in [0.25, 0.3) is 11.8 Å². The molecule has 5 heteroatoms. The number of nitrogens with zero attached hydrogens (tertiary/aromatic N) is 3. The lowest BCUT2D eigenvalue weighted by molar-refractivity contribution is 0.0693. The lowest BCUT2D eigenvalue weighted by atomic mass is 9.98. The van der Waals surface area contributed by atoms with E-state index in [-0.39, 0.29) is 11.8 Å². The van der Waals surface area contributed by atoms with Crippen LogP contribution in [-0.4, -0.2) is 49.3 Å². The summed E-state index contributed by atoms with van der Waals surface area (Å²) in [4.78, 5) is 33.6. The van der Waals surface area contributed by atoms with Crippen LogP contribution in [0.15, 0.2) is 58.1 Å². The number of amides is 2. The molecule has 0 N–H and O–H groups in total. The second-order valence-corrected chi connectivity index (χ2v) is 5.47. The number of carbonyl (C=O) groups excluding carboxylic acids is 2. The molecular formula is C19H17N3O2. The van der Waals surface area contributed by atoms with Gasteiger partial charge in [-0.05, 0) is 23.8 Å². The third kappa shape index (κ3) is 2.54. The van der Waals surface area contributed by atoms with Crippen molar-refractivity contribution in [3.63, 3.8) is 0 Å². The van der Waals surface area contributed by atoms with Gasteiger partial charge in [0.2, 0.25) is 0 Å². The first-order valence-corrected chi connectivity index (χ1v) is 7.54. The number of carbonyl (C=O) groups is 2. The number of fused-ring (bicyclic) bond motifs is 1. The highest BCUT2D eigenvalue weighted by Crippen LogP contribution is 2.23. The summed E-state index contributed by atoms with van der Waals surface area (Å²) in [5, 5.41) is 0. The maximum atomic E-state index is 12.1. The van der Waals surface area contributed by atoms with Gasteiger partial charge in [-0.25, -0.2) is 0 Å². The molecule has 0 aromatic heterocycles. The van der Waals surface area contributed by atoms with Gasteiger partial charge in [-0.3, -0.25) is 24.5 Å². The Balaban J connectivity index is 1.92. The van der Waals surface area contributed by atoms with E-state index in [1.165, 1.54) is 7.05 Å². The molecule has 0 radical (unpaired) electrons. The summed E-state index contributed by atoms with van der Waals surface area (Å²) in [7, 11) is 4.96. The zero-order valence-electron chi connectivity index (χ0n) is 13.8. The Morgan fingerprint density at radius 2 is 1.75 bits per heavy atom. The first-order chi connectivity index (χ1) is 11.6. The van der Waals surface area contributed by atoms with Crippen molar-refractivity contribution in [2.24, 2.45) is 9.98 Å². The van der Waals surface area contributed by atoms with Crippen LogP contribution in [0.2, 0.25) is 0 Å². The number of hydrogen-bond donors (Lipinski definition) is 0. The third-order valence-corrected chi connectivity index (χ3v) is 4.08. The monoisotopic (exact) mass is 319 g/mol. The number of allylic oxidation sites excluding steroid dienone is 5. The molecule has 0 unspecified atom stereocenters. The SMILES string of the molecule is CN=C1C=CC=C(/C=C/c2ccc3c(c2)C(=O)N(C)C3=O)C1=NC. The number of hydrogen-bond acceptors (Lipinski definition) is 4. The van der Waals surface area contributed by atoms with Crippen LogP contribution in [0, 0.1) is 0 Å². The third-order valence-electron chi connectivity index (χ3n) is 4.08. The van der Waals surface area contributed by atoms with Crippen molar-refractivity contribution in [2.75, 3.05) is 21.1 Å². The molecule has 1 aromatic carbocycles. The predicted molar refractivity (Wildman–Crippen MR) is 95.8 cm³/mol. The van der Waals surface area contributed by atoms with E-state index in [0.29, 0.717) is 11.1 Å². The molecule has 24 heavy (non-hydrogen) atoms. The number of benzene rings is 1.